The summed E-state index contributed by atoms with van der Waals surface area (Å²) >= 11 is 11.9. The number of hydrogen-bond donors (Lipinski definition) is 2. The third kappa shape index (κ3) is 5.43. The van der Waals surface area contributed by atoms with Crippen molar-refractivity contribution in [3.8, 4) is 0 Å². The molecule has 2 rings (SSSR count). The molecule has 5 heteroatoms. The molecular formula is C17H16Cl2N2O. The smallest absolute Gasteiger partial charge is 0.318 e. The lowest BCUT2D eigenvalue weighted by Gasteiger charge is -2.05. The molecule has 0 aliphatic rings. The van der Waals surface area contributed by atoms with Crippen molar-refractivity contribution in [1.82, 2.24) is 10.6 Å². The van der Waals surface area contributed by atoms with Gasteiger partial charge in [0.05, 0.1) is 0 Å². The summed E-state index contributed by atoms with van der Waals surface area (Å²) in [7, 11) is 0. The number of carbonyl (C=O) groups excluding carboxylic acids is 1. The van der Waals surface area contributed by atoms with Crippen LogP contribution in [0.1, 0.15) is 11.1 Å². The van der Waals surface area contributed by atoms with E-state index >= 15 is 0 Å². The minimum Gasteiger partial charge on any atom is -0.338 e. The molecule has 2 aromatic rings. The van der Waals surface area contributed by atoms with Crippen LogP contribution < -0.4 is 10.6 Å². The average molecular weight is 335 g/mol. The fourth-order valence-electron chi connectivity index (χ4n) is 1.88. The molecular weight excluding hydrogens is 319 g/mol. The number of urea groups is 1. The SMILES string of the molecule is O=C(N/C=C/c1ccccc1Cl)NCCc1cccc(Cl)c1. The van der Waals surface area contributed by atoms with Gasteiger partial charge in [0.2, 0.25) is 0 Å². The van der Waals surface area contributed by atoms with Crippen molar-refractivity contribution in [3.63, 3.8) is 0 Å². The minimum absolute atomic E-state index is 0.259. The van der Waals surface area contributed by atoms with Crippen molar-refractivity contribution in [3.05, 3.63) is 75.9 Å². The van der Waals surface area contributed by atoms with Gasteiger partial charge in [0, 0.05) is 22.8 Å². The fourth-order valence-corrected chi connectivity index (χ4v) is 2.29. The Kier molecular flexibility index (Phi) is 6.31. The Morgan fingerprint density at radius 2 is 1.91 bits per heavy atom. The lowest BCUT2D eigenvalue weighted by atomic mass is 10.1. The predicted molar refractivity (Wildman–Crippen MR) is 92.2 cm³/mol. The first kappa shape index (κ1) is 16.4. The number of nitrogens with one attached hydrogen (secondary N) is 2. The molecule has 0 aliphatic carbocycles. The minimum atomic E-state index is -0.259. The molecule has 3 nitrogen and oxygen atoms in total. The Morgan fingerprint density at radius 1 is 1.09 bits per heavy atom. The van der Waals surface area contributed by atoms with Crippen LogP contribution in [-0.4, -0.2) is 12.6 Å². The van der Waals surface area contributed by atoms with Crippen LogP contribution in [0.2, 0.25) is 10.0 Å². The zero-order valence-electron chi connectivity index (χ0n) is 11.9. The summed E-state index contributed by atoms with van der Waals surface area (Å²) in [6.45, 7) is 0.534. The molecule has 0 radical (unpaired) electrons. The monoisotopic (exact) mass is 334 g/mol. The highest BCUT2D eigenvalue weighted by atomic mass is 35.5. The van der Waals surface area contributed by atoms with E-state index in [9.17, 15) is 4.79 Å². The maximum atomic E-state index is 11.6. The van der Waals surface area contributed by atoms with Crippen LogP contribution in [0.5, 0.6) is 0 Å². The van der Waals surface area contributed by atoms with Gasteiger partial charge in [-0.15, -0.1) is 0 Å². The van der Waals surface area contributed by atoms with Gasteiger partial charge in [-0.05, 0) is 41.8 Å². The van der Waals surface area contributed by atoms with Crippen molar-refractivity contribution in [1.29, 1.82) is 0 Å². The van der Waals surface area contributed by atoms with E-state index in [-0.39, 0.29) is 6.03 Å². The Labute approximate surface area is 139 Å². The van der Waals surface area contributed by atoms with E-state index in [2.05, 4.69) is 10.6 Å². The number of amides is 2. The summed E-state index contributed by atoms with van der Waals surface area (Å²) in [5.74, 6) is 0. The first-order valence-corrected chi connectivity index (χ1v) is 7.60. The first-order valence-electron chi connectivity index (χ1n) is 6.85. The number of benzene rings is 2. The van der Waals surface area contributed by atoms with E-state index in [0.717, 1.165) is 17.5 Å². The maximum absolute atomic E-state index is 11.6. The predicted octanol–water partition coefficient (Wildman–Crippen LogP) is 4.51. The highest BCUT2D eigenvalue weighted by molar-refractivity contribution is 6.32. The van der Waals surface area contributed by atoms with Gasteiger partial charge in [0.1, 0.15) is 0 Å². The molecule has 2 amide bonds. The van der Waals surface area contributed by atoms with Gasteiger partial charge in [0.15, 0.2) is 0 Å². The summed E-state index contributed by atoms with van der Waals surface area (Å²) in [4.78, 5) is 11.6. The van der Waals surface area contributed by atoms with Crippen molar-refractivity contribution in [2.45, 2.75) is 6.42 Å². The Hall–Kier alpha value is -1.97. The van der Waals surface area contributed by atoms with Gasteiger partial charge in [-0.25, -0.2) is 4.79 Å². The standard InChI is InChI=1S/C17H16Cl2N2O/c18-15-6-3-4-13(12-15)8-10-20-17(22)21-11-9-14-5-1-2-7-16(14)19/h1-7,9,11-12H,8,10H2,(H2,20,21,22)/b11-9+. The number of hydrogen-bond acceptors (Lipinski definition) is 1. The summed E-state index contributed by atoms with van der Waals surface area (Å²) in [6, 6.07) is 14.7. The van der Waals surface area contributed by atoms with E-state index in [1.54, 1.807) is 18.3 Å². The molecule has 114 valence electrons. The summed E-state index contributed by atoms with van der Waals surface area (Å²) in [5.41, 5.74) is 1.93. The average Bonchev–Trinajstić information content (AvgIpc) is 2.49. The van der Waals surface area contributed by atoms with Crippen LogP contribution in [0.15, 0.2) is 54.7 Å². The molecule has 0 aromatic heterocycles. The second-order valence-electron chi connectivity index (χ2n) is 4.64. The maximum Gasteiger partial charge on any atom is 0.318 e. The van der Waals surface area contributed by atoms with Crippen molar-refractivity contribution >= 4 is 35.3 Å². The number of carbonyl (C=O) groups is 1. The lowest BCUT2D eigenvalue weighted by Crippen LogP contribution is -2.33. The van der Waals surface area contributed by atoms with Crippen molar-refractivity contribution < 1.29 is 4.79 Å². The first-order chi connectivity index (χ1) is 10.6. The van der Waals surface area contributed by atoms with Crippen molar-refractivity contribution in [2.24, 2.45) is 0 Å². The Balaban J connectivity index is 1.73. The van der Waals surface area contributed by atoms with E-state index in [4.69, 9.17) is 23.2 Å². The summed E-state index contributed by atoms with van der Waals surface area (Å²) in [6.07, 6.45) is 4.04. The molecule has 0 bridgehead atoms. The highest BCUT2D eigenvalue weighted by Crippen LogP contribution is 2.15. The van der Waals surface area contributed by atoms with Gasteiger partial charge in [0.25, 0.3) is 0 Å². The van der Waals surface area contributed by atoms with Gasteiger partial charge < -0.3 is 10.6 Å². The van der Waals surface area contributed by atoms with Crippen LogP contribution in [0.3, 0.4) is 0 Å². The quantitative estimate of drug-likeness (QED) is 0.830. The van der Waals surface area contributed by atoms with Crippen LogP contribution >= 0.6 is 23.2 Å². The van der Waals surface area contributed by atoms with Crippen LogP contribution in [0.25, 0.3) is 6.08 Å². The molecule has 0 unspecified atom stereocenters. The van der Waals surface area contributed by atoms with E-state index in [0.29, 0.717) is 16.6 Å². The molecule has 0 aliphatic heterocycles. The van der Waals surface area contributed by atoms with Crippen molar-refractivity contribution in [2.75, 3.05) is 6.54 Å². The van der Waals surface area contributed by atoms with E-state index < -0.39 is 0 Å². The van der Waals surface area contributed by atoms with Gasteiger partial charge in [-0.2, -0.15) is 0 Å². The summed E-state index contributed by atoms with van der Waals surface area (Å²) < 4.78 is 0. The molecule has 0 atom stereocenters. The normalized spacial score (nSPS) is 10.6. The molecule has 0 spiro atoms. The third-order valence-electron chi connectivity index (χ3n) is 2.97. The fraction of sp³-hybridized carbons (Fsp3) is 0.118. The molecule has 0 saturated carbocycles. The molecule has 0 heterocycles. The van der Waals surface area contributed by atoms with E-state index in [1.165, 1.54) is 0 Å². The zero-order chi connectivity index (χ0) is 15.8. The third-order valence-corrected chi connectivity index (χ3v) is 3.55. The molecule has 0 fully saturated rings. The lowest BCUT2D eigenvalue weighted by molar-refractivity contribution is 0.244. The highest BCUT2D eigenvalue weighted by Gasteiger charge is 1.99. The zero-order valence-corrected chi connectivity index (χ0v) is 13.4. The second-order valence-corrected chi connectivity index (χ2v) is 5.48. The molecule has 2 N–H and O–H groups in total. The largest absolute Gasteiger partial charge is 0.338 e. The number of halogens is 2. The van der Waals surface area contributed by atoms with Gasteiger partial charge >= 0.3 is 6.03 Å². The molecule has 2 aromatic carbocycles. The van der Waals surface area contributed by atoms with Gasteiger partial charge in [-0.1, -0.05) is 53.5 Å². The van der Waals surface area contributed by atoms with Gasteiger partial charge in [-0.3, -0.25) is 0 Å². The Bertz CT molecular complexity index is 671. The molecule has 0 saturated heterocycles. The van der Waals surface area contributed by atoms with Crippen LogP contribution in [-0.2, 0) is 6.42 Å². The van der Waals surface area contributed by atoms with E-state index in [1.807, 2.05) is 42.5 Å². The summed E-state index contributed by atoms with van der Waals surface area (Å²) in [5, 5.41) is 6.75. The Morgan fingerprint density at radius 3 is 2.68 bits per heavy atom. The second kappa shape index (κ2) is 8.47. The molecule has 22 heavy (non-hydrogen) atoms. The number of rotatable bonds is 5. The van der Waals surface area contributed by atoms with Crippen LogP contribution in [0, 0.1) is 0 Å². The topological polar surface area (TPSA) is 41.1 Å². The van der Waals surface area contributed by atoms with Crippen LogP contribution in [0.4, 0.5) is 4.79 Å².